The highest BCUT2D eigenvalue weighted by Gasteiger charge is 2.24. The quantitative estimate of drug-likeness (QED) is 0.267. The first-order valence-corrected chi connectivity index (χ1v) is 11.6. The van der Waals surface area contributed by atoms with Crippen molar-refractivity contribution in [1.29, 1.82) is 0 Å². The Kier molecular flexibility index (Phi) is 5.70. The van der Waals surface area contributed by atoms with Crippen LogP contribution in [0.4, 0.5) is 0 Å². The molecule has 0 atom stereocenters. The number of ether oxygens (including phenoxy) is 1. The van der Waals surface area contributed by atoms with Gasteiger partial charge in [0.1, 0.15) is 5.75 Å². The fourth-order valence-corrected chi connectivity index (χ4v) is 4.98. The summed E-state index contributed by atoms with van der Waals surface area (Å²) in [7, 11) is 1.63. The number of thiazole rings is 1. The molecule has 0 fully saturated rings. The predicted octanol–water partition coefficient (Wildman–Crippen LogP) is 6.41. The van der Waals surface area contributed by atoms with Gasteiger partial charge < -0.3 is 9.30 Å². The van der Waals surface area contributed by atoms with Gasteiger partial charge in [-0.15, -0.1) is 11.3 Å². The van der Waals surface area contributed by atoms with Crippen LogP contribution < -0.4 is 4.74 Å². The molecular formula is C26H20ClN3O2S. The van der Waals surface area contributed by atoms with Gasteiger partial charge in [-0.05, 0) is 60.5 Å². The van der Waals surface area contributed by atoms with Crippen molar-refractivity contribution < 1.29 is 9.53 Å². The number of fused-ring (bicyclic) bond motifs is 1. The number of nitrogens with zero attached hydrogens (tertiary/aromatic N) is 3. The molecular weight excluding hydrogens is 454 g/mol. The third-order valence-corrected chi connectivity index (χ3v) is 6.97. The molecule has 0 saturated heterocycles. The molecule has 164 valence electrons. The molecule has 0 bridgehead atoms. The van der Waals surface area contributed by atoms with Gasteiger partial charge in [0.25, 0.3) is 0 Å². The van der Waals surface area contributed by atoms with Crippen LogP contribution in [-0.2, 0) is 6.54 Å². The maximum atomic E-state index is 13.7. The van der Waals surface area contributed by atoms with E-state index in [1.54, 1.807) is 25.7 Å². The van der Waals surface area contributed by atoms with Crippen LogP contribution in [0, 0.1) is 6.92 Å². The normalized spacial score (nSPS) is 11.1. The summed E-state index contributed by atoms with van der Waals surface area (Å²) in [4.78, 5) is 23.1. The minimum atomic E-state index is -0.0917. The fourth-order valence-electron chi connectivity index (χ4n) is 3.99. The van der Waals surface area contributed by atoms with Crippen LogP contribution in [0.15, 0.2) is 73.2 Å². The van der Waals surface area contributed by atoms with E-state index in [-0.39, 0.29) is 5.78 Å². The highest BCUT2D eigenvalue weighted by Crippen LogP contribution is 2.34. The smallest absolute Gasteiger partial charge is 0.223 e. The van der Waals surface area contributed by atoms with Crippen LogP contribution in [-0.4, -0.2) is 27.4 Å². The molecule has 0 radical (unpaired) electrons. The third kappa shape index (κ3) is 4.03. The lowest BCUT2D eigenvalue weighted by atomic mass is 10.1. The van der Waals surface area contributed by atoms with E-state index in [4.69, 9.17) is 16.3 Å². The molecule has 33 heavy (non-hydrogen) atoms. The zero-order valence-corrected chi connectivity index (χ0v) is 19.7. The number of ketones is 1. The summed E-state index contributed by atoms with van der Waals surface area (Å²) in [5.74, 6) is 0.614. The summed E-state index contributed by atoms with van der Waals surface area (Å²) in [6, 6.07) is 17.4. The highest BCUT2D eigenvalue weighted by molar-refractivity contribution is 7.17. The van der Waals surface area contributed by atoms with Gasteiger partial charge in [0.15, 0.2) is 5.01 Å². The number of carbonyl (C=O) groups excluding carboxylic acids is 1. The van der Waals surface area contributed by atoms with Gasteiger partial charge in [-0.3, -0.25) is 9.78 Å². The topological polar surface area (TPSA) is 57.0 Å². The second kappa shape index (κ2) is 8.81. The van der Waals surface area contributed by atoms with Gasteiger partial charge in [0.05, 0.1) is 17.6 Å². The van der Waals surface area contributed by atoms with E-state index in [0.717, 1.165) is 32.6 Å². The summed E-state index contributed by atoms with van der Waals surface area (Å²) in [6.45, 7) is 2.60. The lowest BCUT2D eigenvalue weighted by Gasteiger charge is -2.09. The molecule has 7 heteroatoms. The number of rotatable bonds is 6. The standard InChI is InChI=1S/C26H20ClN3O2S/c1-16-24(25(31)26-29-14-23(33-26)18-9-11-28-12-10-18)21-13-20(32-2)7-8-22(21)30(16)15-17-3-5-19(27)6-4-17/h3-14H,15H2,1-2H3. The van der Waals surface area contributed by atoms with Crippen molar-refractivity contribution in [3.63, 3.8) is 0 Å². The molecule has 0 saturated carbocycles. The van der Waals surface area contributed by atoms with Gasteiger partial charge in [-0.25, -0.2) is 4.98 Å². The molecule has 0 aliphatic heterocycles. The van der Waals surface area contributed by atoms with Crippen molar-refractivity contribution in [2.24, 2.45) is 0 Å². The molecule has 0 spiro atoms. The Balaban J connectivity index is 1.61. The molecule has 5 aromatic rings. The van der Waals surface area contributed by atoms with E-state index in [0.29, 0.717) is 27.9 Å². The second-order valence-corrected chi connectivity index (χ2v) is 9.12. The van der Waals surface area contributed by atoms with Crippen molar-refractivity contribution >= 4 is 39.6 Å². The third-order valence-electron chi connectivity index (χ3n) is 5.68. The molecule has 5 nitrogen and oxygen atoms in total. The summed E-state index contributed by atoms with van der Waals surface area (Å²) in [6.07, 6.45) is 5.21. The maximum Gasteiger partial charge on any atom is 0.223 e. The number of halogens is 1. The molecule has 0 amide bonds. The number of benzene rings is 2. The van der Waals surface area contributed by atoms with E-state index < -0.39 is 0 Å². The van der Waals surface area contributed by atoms with Crippen molar-refractivity contribution in [1.82, 2.24) is 14.5 Å². The van der Waals surface area contributed by atoms with Crippen molar-refractivity contribution in [2.45, 2.75) is 13.5 Å². The van der Waals surface area contributed by atoms with Crippen LogP contribution >= 0.6 is 22.9 Å². The number of hydrogen-bond acceptors (Lipinski definition) is 5. The van der Waals surface area contributed by atoms with Gasteiger partial charge in [-0.2, -0.15) is 0 Å². The van der Waals surface area contributed by atoms with Crippen molar-refractivity contribution in [3.05, 3.63) is 100 Å². The summed E-state index contributed by atoms with van der Waals surface area (Å²) in [5.41, 5.74) is 4.60. The van der Waals surface area contributed by atoms with Crippen molar-refractivity contribution in [3.8, 4) is 16.2 Å². The Bertz CT molecular complexity index is 1460. The Labute approximate surface area is 200 Å². The maximum absolute atomic E-state index is 13.7. The second-order valence-electron chi connectivity index (χ2n) is 7.65. The van der Waals surface area contributed by atoms with E-state index in [1.165, 1.54) is 11.3 Å². The SMILES string of the molecule is COc1ccc2c(c1)c(C(=O)c1ncc(-c3ccncc3)s1)c(C)n2Cc1ccc(Cl)cc1. The summed E-state index contributed by atoms with van der Waals surface area (Å²) in [5, 5.41) is 2.01. The zero-order chi connectivity index (χ0) is 22.9. The van der Waals surface area contributed by atoms with Crippen LogP contribution in [0.1, 0.15) is 26.6 Å². The first-order valence-electron chi connectivity index (χ1n) is 10.4. The van der Waals surface area contributed by atoms with Crippen LogP contribution in [0.5, 0.6) is 5.75 Å². The molecule has 2 aromatic carbocycles. The molecule has 0 N–H and O–H groups in total. The predicted molar refractivity (Wildman–Crippen MR) is 133 cm³/mol. The number of methoxy groups -OCH3 is 1. The zero-order valence-electron chi connectivity index (χ0n) is 18.1. The lowest BCUT2D eigenvalue weighted by molar-refractivity contribution is 0.103. The minimum absolute atomic E-state index is 0.0917. The lowest BCUT2D eigenvalue weighted by Crippen LogP contribution is -2.06. The fraction of sp³-hybridized carbons (Fsp3) is 0.115. The number of aromatic nitrogens is 3. The average Bonchev–Trinajstić information content (AvgIpc) is 3.44. The largest absolute Gasteiger partial charge is 0.497 e. The van der Waals surface area contributed by atoms with Crippen LogP contribution in [0.25, 0.3) is 21.3 Å². The number of carbonyl (C=O) groups is 1. The van der Waals surface area contributed by atoms with E-state index in [1.807, 2.05) is 61.5 Å². The first-order chi connectivity index (χ1) is 16.0. The van der Waals surface area contributed by atoms with E-state index in [2.05, 4.69) is 14.5 Å². The molecule has 3 aromatic heterocycles. The summed E-state index contributed by atoms with van der Waals surface area (Å²) >= 11 is 7.45. The number of hydrogen-bond donors (Lipinski definition) is 0. The molecule has 3 heterocycles. The molecule has 5 rings (SSSR count). The Morgan fingerprint density at radius 1 is 1.09 bits per heavy atom. The Hall–Kier alpha value is -3.48. The highest BCUT2D eigenvalue weighted by atomic mass is 35.5. The van der Waals surface area contributed by atoms with Gasteiger partial charge >= 0.3 is 0 Å². The van der Waals surface area contributed by atoms with Crippen molar-refractivity contribution in [2.75, 3.05) is 7.11 Å². The van der Waals surface area contributed by atoms with E-state index >= 15 is 0 Å². The minimum Gasteiger partial charge on any atom is -0.497 e. The van der Waals surface area contributed by atoms with Crippen LogP contribution in [0.2, 0.25) is 5.02 Å². The molecule has 0 aliphatic carbocycles. The van der Waals surface area contributed by atoms with Crippen LogP contribution in [0.3, 0.4) is 0 Å². The molecule has 0 aliphatic rings. The molecule has 0 unspecified atom stereocenters. The van der Waals surface area contributed by atoms with Gasteiger partial charge in [0.2, 0.25) is 5.78 Å². The average molecular weight is 474 g/mol. The first kappa shape index (κ1) is 21.4. The van der Waals surface area contributed by atoms with E-state index in [9.17, 15) is 4.79 Å². The Morgan fingerprint density at radius 3 is 2.58 bits per heavy atom. The summed E-state index contributed by atoms with van der Waals surface area (Å²) < 4.78 is 7.61. The monoisotopic (exact) mass is 473 g/mol. The van der Waals surface area contributed by atoms with Gasteiger partial charge in [0, 0.05) is 46.8 Å². The van der Waals surface area contributed by atoms with Gasteiger partial charge in [-0.1, -0.05) is 23.7 Å². The Morgan fingerprint density at radius 2 is 1.85 bits per heavy atom. The number of pyridine rings is 1.